The first kappa shape index (κ1) is 17.4. The number of benzene rings is 2. The van der Waals surface area contributed by atoms with Gasteiger partial charge in [-0.25, -0.2) is 0 Å². The number of nitrogens with two attached hydrogens (primary N) is 1. The maximum Gasteiger partial charge on any atom is 0.160 e. The summed E-state index contributed by atoms with van der Waals surface area (Å²) in [7, 11) is 0. The average molecular weight is 343 g/mol. The van der Waals surface area contributed by atoms with Crippen molar-refractivity contribution in [1.29, 1.82) is 0 Å². The third kappa shape index (κ3) is 5.05. The lowest BCUT2D eigenvalue weighted by molar-refractivity contribution is -0.113. The second-order valence-corrected chi connectivity index (χ2v) is 5.98. The Morgan fingerprint density at radius 1 is 1.00 bits per heavy atom. The number of nitrogen functional groups attached to an aromatic ring is 1. The summed E-state index contributed by atoms with van der Waals surface area (Å²) < 4.78 is 1.83. The highest BCUT2D eigenvalue weighted by Crippen LogP contribution is 2.12. The molecule has 2 aromatic carbocycles. The van der Waals surface area contributed by atoms with Crippen LogP contribution in [-0.4, -0.2) is 15.6 Å². The molecule has 3 rings (SSSR count). The number of para-hydroxylation sites is 1. The Bertz CT molecular complexity index is 923. The molecular formula is C22H21N3O. The van der Waals surface area contributed by atoms with Gasteiger partial charge in [0.1, 0.15) is 0 Å². The molecule has 3 aromatic rings. The van der Waals surface area contributed by atoms with Gasteiger partial charge in [0, 0.05) is 23.9 Å². The van der Waals surface area contributed by atoms with Gasteiger partial charge in [-0.15, -0.1) is 0 Å². The van der Waals surface area contributed by atoms with E-state index in [9.17, 15) is 4.79 Å². The third-order valence-corrected chi connectivity index (χ3v) is 3.94. The molecule has 0 aliphatic heterocycles. The number of carbonyl (C=O) groups excluding carboxylic acids is 1. The standard InChI is InChI=1S/C22H21N3O/c23-22-11-5-4-10-20(22)15-21(26)13-12-19-16-24-25(17-19)14-6-9-18-7-2-1-3-8-18/h1-13,16-17H,14-15,23H2/b9-6+,13-12+. The monoisotopic (exact) mass is 343 g/mol. The molecule has 0 aliphatic carbocycles. The number of anilines is 1. The van der Waals surface area contributed by atoms with Gasteiger partial charge in [0.25, 0.3) is 0 Å². The summed E-state index contributed by atoms with van der Waals surface area (Å²) in [5, 5.41) is 4.31. The minimum Gasteiger partial charge on any atom is -0.398 e. The third-order valence-electron chi connectivity index (χ3n) is 3.94. The van der Waals surface area contributed by atoms with E-state index >= 15 is 0 Å². The van der Waals surface area contributed by atoms with Crippen LogP contribution >= 0.6 is 0 Å². The van der Waals surface area contributed by atoms with Gasteiger partial charge < -0.3 is 5.73 Å². The van der Waals surface area contributed by atoms with Crippen LogP contribution in [0.25, 0.3) is 12.2 Å². The van der Waals surface area contributed by atoms with Crippen LogP contribution in [0.4, 0.5) is 5.69 Å². The van der Waals surface area contributed by atoms with Crippen LogP contribution in [0.2, 0.25) is 0 Å². The normalized spacial score (nSPS) is 11.4. The summed E-state index contributed by atoms with van der Waals surface area (Å²) in [6.07, 6.45) is 11.4. The van der Waals surface area contributed by atoms with E-state index in [2.05, 4.69) is 29.4 Å². The fourth-order valence-corrected chi connectivity index (χ4v) is 2.56. The molecule has 0 aliphatic rings. The summed E-state index contributed by atoms with van der Waals surface area (Å²) in [4.78, 5) is 12.1. The van der Waals surface area contributed by atoms with E-state index in [0.29, 0.717) is 18.7 Å². The van der Waals surface area contributed by atoms with Gasteiger partial charge in [-0.05, 0) is 29.3 Å². The van der Waals surface area contributed by atoms with E-state index in [1.54, 1.807) is 24.4 Å². The number of hydrogen-bond acceptors (Lipinski definition) is 3. The molecule has 0 bridgehead atoms. The minimum atomic E-state index is 0.0135. The van der Waals surface area contributed by atoms with E-state index in [0.717, 1.165) is 16.7 Å². The zero-order valence-corrected chi connectivity index (χ0v) is 14.5. The molecule has 26 heavy (non-hydrogen) atoms. The zero-order chi connectivity index (χ0) is 18.2. The van der Waals surface area contributed by atoms with Crippen LogP contribution in [0.1, 0.15) is 16.7 Å². The van der Waals surface area contributed by atoms with E-state index in [4.69, 9.17) is 5.73 Å². The Labute approximate surface area is 153 Å². The second kappa shape index (κ2) is 8.62. The lowest BCUT2D eigenvalue weighted by Gasteiger charge is -2.01. The van der Waals surface area contributed by atoms with Gasteiger partial charge in [0.15, 0.2) is 5.78 Å². The van der Waals surface area contributed by atoms with Crippen molar-refractivity contribution >= 4 is 23.6 Å². The average Bonchev–Trinajstić information content (AvgIpc) is 3.11. The topological polar surface area (TPSA) is 60.9 Å². The molecule has 130 valence electrons. The van der Waals surface area contributed by atoms with Crippen molar-refractivity contribution in [3.8, 4) is 0 Å². The van der Waals surface area contributed by atoms with Crippen molar-refractivity contribution in [2.24, 2.45) is 0 Å². The Morgan fingerprint density at radius 2 is 1.77 bits per heavy atom. The Kier molecular flexibility index (Phi) is 5.78. The van der Waals surface area contributed by atoms with Crippen molar-refractivity contribution in [1.82, 2.24) is 9.78 Å². The summed E-state index contributed by atoms with van der Waals surface area (Å²) in [6, 6.07) is 17.6. The highest BCUT2D eigenvalue weighted by Gasteiger charge is 2.03. The van der Waals surface area contributed by atoms with Crippen LogP contribution in [-0.2, 0) is 17.8 Å². The van der Waals surface area contributed by atoms with Crippen LogP contribution in [0.5, 0.6) is 0 Å². The maximum atomic E-state index is 12.1. The fraction of sp³-hybridized carbons (Fsp3) is 0.0909. The molecule has 0 atom stereocenters. The predicted molar refractivity (Wildman–Crippen MR) is 106 cm³/mol. The molecule has 1 heterocycles. The molecule has 4 nitrogen and oxygen atoms in total. The number of aromatic nitrogens is 2. The van der Waals surface area contributed by atoms with Crippen LogP contribution < -0.4 is 5.73 Å². The SMILES string of the molecule is Nc1ccccc1CC(=O)/C=C/c1cnn(C/C=C/c2ccccc2)c1. The van der Waals surface area contributed by atoms with Gasteiger partial charge in [-0.2, -0.15) is 5.10 Å². The Hall–Kier alpha value is -3.40. The van der Waals surface area contributed by atoms with Crippen molar-refractivity contribution < 1.29 is 4.79 Å². The molecule has 0 saturated heterocycles. The van der Waals surface area contributed by atoms with Crippen LogP contribution in [0, 0.1) is 0 Å². The number of ketones is 1. The fourth-order valence-electron chi connectivity index (χ4n) is 2.56. The molecule has 0 fully saturated rings. The summed E-state index contributed by atoms with van der Waals surface area (Å²) in [5.74, 6) is 0.0135. The second-order valence-electron chi connectivity index (χ2n) is 5.98. The highest BCUT2D eigenvalue weighted by atomic mass is 16.1. The van der Waals surface area contributed by atoms with Crippen molar-refractivity contribution in [2.75, 3.05) is 5.73 Å². The quantitative estimate of drug-likeness (QED) is 0.521. The number of allylic oxidation sites excluding steroid dienone is 2. The zero-order valence-electron chi connectivity index (χ0n) is 14.5. The van der Waals surface area contributed by atoms with E-state index in [1.165, 1.54) is 0 Å². The number of rotatable bonds is 7. The van der Waals surface area contributed by atoms with Gasteiger partial charge in [0.2, 0.25) is 0 Å². The number of nitrogens with zero attached hydrogens (tertiary/aromatic N) is 2. The molecule has 0 radical (unpaired) electrons. The molecule has 1 aromatic heterocycles. The van der Waals surface area contributed by atoms with E-state index in [-0.39, 0.29) is 5.78 Å². The van der Waals surface area contributed by atoms with Gasteiger partial charge in [-0.1, -0.05) is 60.7 Å². The van der Waals surface area contributed by atoms with Gasteiger partial charge in [0.05, 0.1) is 12.7 Å². The summed E-state index contributed by atoms with van der Waals surface area (Å²) in [5.41, 5.74) is 9.42. The van der Waals surface area contributed by atoms with E-state index < -0.39 is 0 Å². The smallest absolute Gasteiger partial charge is 0.160 e. The first-order valence-electron chi connectivity index (χ1n) is 8.49. The minimum absolute atomic E-state index is 0.0135. The molecule has 0 saturated carbocycles. The van der Waals surface area contributed by atoms with Crippen molar-refractivity contribution in [3.63, 3.8) is 0 Å². The number of carbonyl (C=O) groups is 1. The molecule has 0 amide bonds. The lowest BCUT2D eigenvalue weighted by Crippen LogP contribution is -2.01. The van der Waals surface area contributed by atoms with Crippen LogP contribution in [0.3, 0.4) is 0 Å². The lowest BCUT2D eigenvalue weighted by atomic mass is 10.1. The summed E-state index contributed by atoms with van der Waals surface area (Å²) >= 11 is 0. The Morgan fingerprint density at radius 3 is 2.58 bits per heavy atom. The van der Waals surface area contributed by atoms with Crippen LogP contribution in [0.15, 0.2) is 79.1 Å². The van der Waals surface area contributed by atoms with E-state index in [1.807, 2.05) is 47.3 Å². The molecule has 0 spiro atoms. The van der Waals surface area contributed by atoms with Gasteiger partial charge >= 0.3 is 0 Å². The predicted octanol–water partition coefficient (Wildman–Crippen LogP) is 4.00. The summed E-state index contributed by atoms with van der Waals surface area (Å²) in [6.45, 7) is 0.678. The molecule has 4 heteroatoms. The van der Waals surface area contributed by atoms with Gasteiger partial charge in [-0.3, -0.25) is 9.48 Å². The highest BCUT2D eigenvalue weighted by molar-refractivity contribution is 5.95. The largest absolute Gasteiger partial charge is 0.398 e. The molecular weight excluding hydrogens is 322 g/mol. The number of hydrogen-bond donors (Lipinski definition) is 1. The van der Waals surface area contributed by atoms with Crippen molar-refractivity contribution in [2.45, 2.75) is 13.0 Å². The maximum absolute atomic E-state index is 12.1. The Balaban J connectivity index is 1.54. The molecule has 2 N–H and O–H groups in total. The first-order valence-corrected chi connectivity index (χ1v) is 8.49. The van der Waals surface area contributed by atoms with Crippen molar-refractivity contribution in [3.05, 3.63) is 95.8 Å². The molecule has 0 unspecified atom stereocenters. The first-order chi connectivity index (χ1) is 12.7.